The Labute approximate surface area is 172 Å². The lowest BCUT2D eigenvalue weighted by atomic mass is 10.1. The van der Waals surface area contributed by atoms with Crippen molar-refractivity contribution in [1.82, 2.24) is 19.7 Å². The highest BCUT2D eigenvalue weighted by molar-refractivity contribution is 9.10. The van der Waals surface area contributed by atoms with E-state index in [-0.39, 0.29) is 5.91 Å². The molecule has 0 radical (unpaired) electrons. The highest BCUT2D eigenvalue weighted by Crippen LogP contribution is 2.40. The molecule has 2 heterocycles. The average Bonchev–Trinajstić information content (AvgIpc) is 3.47. The van der Waals surface area contributed by atoms with E-state index in [4.69, 9.17) is 9.72 Å². The summed E-state index contributed by atoms with van der Waals surface area (Å²) in [6.07, 6.45) is 2.27. The fourth-order valence-corrected chi connectivity index (χ4v) is 4.03. The fraction of sp³-hybridized carbons (Fsp3) is 0.381. The Morgan fingerprint density at radius 3 is 2.79 bits per heavy atom. The summed E-state index contributed by atoms with van der Waals surface area (Å²) in [5.41, 5.74) is 4.22. The molecule has 0 saturated heterocycles. The summed E-state index contributed by atoms with van der Waals surface area (Å²) in [6.45, 7) is 2.37. The number of aromatic nitrogens is 3. The zero-order valence-electron chi connectivity index (χ0n) is 16.5. The van der Waals surface area contributed by atoms with Crippen LogP contribution in [0.1, 0.15) is 46.1 Å². The van der Waals surface area contributed by atoms with Crippen LogP contribution in [0, 0.1) is 6.92 Å². The fourth-order valence-electron chi connectivity index (χ4n) is 3.62. The average molecular weight is 443 g/mol. The molecule has 3 aromatic rings. The van der Waals surface area contributed by atoms with Crippen molar-refractivity contribution >= 4 is 32.9 Å². The number of carbonyl (C=O) groups excluding carboxylic acids is 1. The minimum Gasteiger partial charge on any atom is -0.496 e. The van der Waals surface area contributed by atoms with E-state index in [0.717, 1.165) is 51.0 Å². The Hall–Kier alpha value is -2.41. The molecule has 7 heteroatoms. The molecule has 1 aliphatic rings. The Balaban J connectivity index is 1.73. The van der Waals surface area contributed by atoms with E-state index in [1.807, 2.05) is 45.3 Å². The Bertz CT molecular complexity index is 1070. The zero-order valence-corrected chi connectivity index (χ0v) is 18.1. The van der Waals surface area contributed by atoms with E-state index in [1.54, 1.807) is 16.7 Å². The molecule has 1 aliphatic carbocycles. The number of halogens is 1. The second-order valence-electron chi connectivity index (χ2n) is 7.39. The maximum absolute atomic E-state index is 13.4. The van der Waals surface area contributed by atoms with Crippen molar-refractivity contribution in [3.05, 3.63) is 51.3 Å². The van der Waals surface area contributed by atoms with Crippen molar-refractivity contribution in [3.8, 4) is 5.75 Å². The molecular weight excluding hydrogens is 420 g/mol. The highest BCUT2D eigenvalue weighted by Gasteiger charge is 2.29. The van der Waals surface area contributed by atoms with Gasteiger partial charge in [-0.25, -0.2) is 4.98 Å². The minimum absolute atomic E-state index is 0.0348. The molecule has 0 N–H and O–H groups in total. The van der Waals surface area contributed by atoms with Gasteiger partial charge in [0.1, 0.15) is 5.75 Å². The lowest BCUT2D eigenvalue weighted by Crippen LogP contribution is -2.27. The van der Waals surface area contributed by atoms with Crippen LogP contribution >= 0.6 is 15.9 Å². The lowest BCUT2D eigenvalue weighted by Gasteiger charge is -2.20. The standard InChI is InChI=1S/C21H23BrN4O2/c1-12-19-16(10-17(13-5-6-13)23-20(19)26(3)24-12)21(27)25(2)11-14-9-15(22)7-8-18(14)28-4/h7-10,13H,5-6,11H2,1-4H3. The van der Waals surface area contributed by atoms with Gasteiger partial charge in [0, 0.05) is 42.3 Å². The second-order valence-corrected chi connectivity index (χ2v) is 8.31. The number of ether oxygens (including phenoxy) is 1. The first-order chi connectivity index (χ1) is 13.4. The maximum atomic E-state index is 13.4. The van der Waals surface area contributed by atoms with Crippen molar-refractivity contribution in [1.29, 1.82) is 0 Å². The van der Waals surface area contributed by atoms with Crippen LogP contribution in [-0.4, -0.2) is 39.7 Å². The van der Waals surface area contributed by atoms with Gasteiger partial charge in [-0.15, -0.1) is 0 Å². The van der Waals surface area contributed by atoms with E-state index in [0.29, 0.717) is 18.0 Å². The van der Waals surface area contributed by atoms with Gasteiger partial charge in [0.25, 0.3) is 5.91 Å². The van der Waals surface area contributed by atoms with Gasteiger partial charge in [0.2, 0.25) is 0 Å². The number of rotatable bonds is 5. The van der Waals surface area contributed by atoms with E-state index >= 15 is 0 Å². The number of aryl methyl sites for hydroxylation is 2. The van der Waals surface area contributed by atoms with Gasteiger partial charge in [-0.2, -0.15) is 5.10 Å². The molecule has 6 nitrogen and oxygen atoms in total. The zero-order chi connectivity index (χ0) is 20.0. The van der Waals surface area contributed by atoms with Crippen LogP contribution in [0.3, 0.4) is 0 Å². The molecule has 146 valence electrons. The molecule has 4 rings (SSSR count). The molecule has 0 spiro atoms. The van der Waals surface area contributed by atoms with Crippen LogP contribution in [0.5, 0.6) is 5.75 Å². The number of methoxy groups -OCH3 is 1. The lowest BCUT2D eigenvalue weighted by molar-refractivity contribution is 0.0786. The number of amides is 1. The predicted molar refractivity (Wildman–Crippen MR) is 112 cm³/mol. The summed E-state index contributed by atoms with van der Waals surface area (Å²) in [5.74, 6) is 1.19. The van der Waals surface area contributed by atoms with Gasteiger partial charge in [-0.1, -0.05) is 15.9 Å². The molecular formula is C21H23BrN4O2. The maximum Gasteiger partial charge on any atom is 0.254 e. The first-order valence-corrected chi connectivity index (χ1v) is 10.1. The summed E-state index contributed by atoms with van der Waals surface area (Å²) in [7, 11) is 5.34. The smallest absolute Gasteiger partial charge is 0.254 e. The quantitative estimate of drug-likeness (QED) is 0.593. The third-order valence-electron chi connectivity index (χ3n) is 5.21. The van der Waals surface area contributed by atoms with Crippen LogP contribution in [0.4, 0.5) is 0 Å². The van der Waals surface area contributed by atoms with E-state index in [9.17, 15) is 4.79 Å². The van der Waals surface area contributed by atoms with Crippen LogP contribution in [0.2, 0.25) is 0 Å². The summed E-state index contributed by atoms with van der Waals surface area (Å²) in [4.78, 5) is 19.9. The van der Waals surface area contributed by atoms with Crippen LogP contribution in [-0.2, 0) is 13.6 Å². The van der Waals surface area contributed by atoms with Crippen molar-refractivity contribution < 1.29 is 9.53 Å². The van der Waals surface area contributed by atoms with Crippen molar-refractivity contribution in [2.75, 3.05) is 14.2 Å². The van der Waals surface area contributed by atoms with Crippen molar-refractivity contribution in [2.45, 2.75) is 32.2 Å². The molecule has 0 bridgehead atoms. The number of carbonyl (C=O) groups is 1. The molecule has 28 heavy (non-hydrogen) atoms. The topological polar surface area (TPSA) is 60.2 Å². The predicted octanol–water partition coefficient (Wildman–Crippen LogP) is 4.20. The summed E-state index contributed by atoms with van der Waals surface area (Å²) in [5, 5.41) is 5.33. The van der Waals surface area contributed by atoms with Gasteiger partial charge < -0.3 is 9.64 Å². The van der Waals surface area contributed by atoms with Gasteiger partial charge in [0.15, 0.2) is 5.65 Å². The molecule has 1 amide bonds. The first kappa shape index (κ1) is 18.9. The van der Waals surface area contributed by atoms with Crippen molar-refractivity contribution in [2.24, 2.45) is 7.05 Å². The number of nitrogens with zero attached hydrogens (tertiary/aromatic N) is 4. The van der Waals surface area contributed by atoms with Crippen LogP contribution < -0.4 is 4.74 Å². The van der Waals surface area contributed by atoms with E-state index in [1.165, 1.54) is 0 Å². The third kappa shape index (κ3) is 3.39. The van der Waals surface area contributed by atoms with Gasteiger partial charge >= 0.3 is 0 Å². The largest absolute Gasteiger partial charge is 0.496 e. The molecule has 0 atom stereocenters. The number of hydrogen-bond acceptors (Lipinski definition) is 4. The summed E-state index contributed by atoms with van der Waals surface area (Å²) >= 11 is 3.50. The SMILES string of the molecule is COc1ccc(Br)cc1CN(C)C(=O)c1cc(C2CC2)nc2c1c(C)nn2C. The third-order valence-corrected chi connectivity index (χ3v) is 5.70. The van der Waals surface area contributed by atoms with E-state index < -0.39 is 0 Å². The molecule has 1 aromatic carbocycles. The van der Waals surface area contributed by atoms with E-state index in [2.05, 4.69) is 21.0 Å². The number of fused-ring (bicyclic) bond motifs is 1. The van der Waals surface area contributed by atoms with Gasteiger partial charge in [0.05, 0.1) is 23.8 Å². The monoisotopic (exact) mass is 442 g/mol. The Morgan fingerprint density at radius 2 is 2.11 bits per heavy atom. The normalized spacial score (nSPS) is 13.8. The van der Waals surface area contributed by atoms with Crippen LogP contribution in [0.25, 0.3) is 11.0 Å². The Morgan fingerprint density at radius 1 is 1.36 bits per heavy atom. The van der Waals surface area contributed by atoms with Crippen LogP contribution in [0.15, 0.2) is 28.7 Å². The number of hydrogen-bond donors (Lipinski definition) is 0. The molecule has 2 aromatic heterocycles. The molecule has 0 unspecified atom stereocenters. The molecule has 0 aliphatic heterocycles. The van der Waals surface area contributed by atoms with Gasteiger partial charge in [-0.05, 0) is 44.0 Å². The van der Waals surface area contributed by atoms with Gasteiger partial charge in [-0.3, -0.25) is 9.48 Å². The Kier molecular flexibility index (Phi) is 4.87. The summed E-state index contributed by atoms with van der Waals surface area (Å²) < 4.78 is 8.18. The minimum atomic E-state index is -0.0348. The summed E-state index contributed by atoms with van der Waals surface area (Å²) in [6, 6.07) is 7.78. The molecule has 1 fully saturated rings. The van der Waals surface area contributed by atoms with Crippen molar-refractivity contribution in [3.63, 3.8) is 0 Å². The first-order valence-electron chi connectivity index (χ1n) is 9.31. The molecule has 1 saturated carbocycles. The highest BCUT2D eigenvalue weighted by atomic mass is 79.9. The number of pyridine rings is 1. The second kappa shape index (κ2) is 7.20. The number of benzene rings is 1.